The van der Waals surface area contributed by atoms with Gasteiger partial charge in [0.15, 0.2) is 0 Å². The van der Waals surface area contributed by atoms with Crippen molar-refractivity contribution in [1.82, 2.24) is 9.97 Å². The molecule has 6 nitrogen and oxygen atoms in total. The molecule has 0 saturated heterocycles. The molecular weight excluding hydrogens is 328 g/mol. The zero-order valence-electron chi connectivity index (χ0n) is 14.7. The van der Waals surface area contributed by atoms with E-state index in [1.54, 1.807) is 13.3 Å². The van der Waals surface area contributed by atoms with Gasteiger partial charge in [0.05, 0.1) is 19.5 Å². The van der Waals surface area contributed by atoms with Crippen LogP contribution in [0.3, 0.4) is 0 Å². The van der Waals surface area contributed by atoms with Crippen molar-refractivity contribution < 1.29 is 9.53 Å². The van der Waals surface area contributed by atoms with Crippen LogP contribution in [0.15, 0.2) is 60.9 Å². The lowest BCUT2D eigenvalue weighted by atomic mass is 10.2. The Morgan fingerprint density at radius 3 is 2.65 bits per heavy atom. The van der Waals surface area contributed by atoms with Gasteiger partial charge in [0.25, 0.3) is 5.91 Å². The first-order chi connectivity index (χ1) is 12.7. The normalized spacial score (nSPS) is 10.2. The number of hydrogen-bond donors (Lipinski definition) is 2. The number of para-hydroxylation sites is 1. The minimum absolute atomic E-state index is 0.259. The van der Waals surface area contributed by atoms with Crippen LogP contribution in [-0.4, -0.2) is 23.0 Å². The molecule has 3 rings (SSSR count). The van der Waals surface area contributed by atoms with E-state index in [0.29, 0.717) is 12.4 Å². The number of ether oxygens (including phenoxy) is 1. The number of hydrogen-bond acceptors (Lipinski definition) is 5. The number of aryl methyl sites for hydroxylation is 1. The van der Waals surface area contributed by atoms with Crippen LogP contribution in [0.2, 0.25) is 0 Å². The monoisotopic (exact) mass is 348 g/mol. The molecule has 26 heavy (non-hydrogen) atoms. The van der Waals surface area contributed by atoms with Gasteiger partial charge in [-0.15, -0.1) is 0 Å². The molecule has 0 spiro atoms. The van der Waals surface area contributed by atoms with Crippen molar-refractivity contribution in [3.63, 3.8) is 0 Å². The number of carbonyl (C=O) groups excluding carboxylic acids is 1. The van der Waals surface area contributed by atoms with E-state index in [0.717, 1.165) is 22.6 Å². The molecule has 3 aromatic rings. The number of carbonyl (C=O) groups is 1. The number of benzene rings is 2. The largest absolute Gasteiger partial charge is 0.496 e. The maximum absolute atomic E-state index is 12.2. The molecule has 2 aromatic carbocycles. The van der Waals surface area contributed by atoms with Crippen LogP contribution in [0.5, 0.6) is 5.75 Å². The van der Waals surface area contributed by atoms with Crippen molar-refractivity contribution >= 4 is 17.4 Å². The lowest BCUT2D eigenvalue weighted by Crippen LogP contribution is -2.14. The smallest absolute Gasteiger partial charge is 0.275 e. The highest BCUT2D eigenvalue weighted by atomic mass is 16.5. The highest BCUT2D eigenvalue weighted by molar-refractivity contribution is 6.02. The third kappa shape index (κ3) is 4.36. The van der Waals surface area contributed by atoms with E-state index in [1.807, 2.05) is 55.5 Å². The van der Waals surface area contributed by atoms with Crippen molar-refractivity contribution in [2.24, 2.45) is 0 Å². The zero-order valence-corrected chi connectivity index (χ0v) is 14.7. The average Bonchev–Trinajstić information content (AvgIpc) is 2.67. The summed E-state index contributed by atoms with van der Waals surface area (Å²) in [6.45, 7) is 2.52. The highest BCUT2D eigenvalue weighted by Gasteiger charge is 2.09. The quantitative estimate of drug-likeness (QED) is 0.711. The number of amides is 1. The Bertz CT molecular complexity index is 894. The van der Waals surface area contributed by atoms with Gasteiger partial charge in [-0.05, 0) is 30.7 Å². The molecule has 0 radical (unpaired) electrons. The van der Waals surface area contributed by atoms with Crippen molar-refractivity contribution in [1.29, 1.82) is 0 Å². The Balaban J connectivity index is 1.62. The van der Waals surface area contributed by atoms with E-state index in [4.69, 9.17) is 4.74 Å². The third-order valence-electron chi connectivity index (χ3n) is 3.81. The van der Waals surface area contributed by atoms with E-state index in [2.05, 4.69) is 20.6 Å². The van der Waals surface area contributed by atoms with Gasteiger partial charge in [-0.25, -0.2) is 9.97 Å². The molecule has 1 aromatic heterocycles. The van der Waals surface area contributed by atoms with Gasteiger partial charge < -0.3 is 15.4 Å². The second-order valence-electron chi connectivity index (χ2n) is 5.78. The number of nitrogens with zero attached hydrogens (tertiary/aromatic N) is 2. The van der Waals surface area contributed by atoms with Gasteiger partial charge >= 0.3 is 0 Å². The minimum atomic E-state index is -0.292. The molecule has 6 heteroatoms. The Hall–Kier alpha value is -3.41. The maximum atomic E-state index is 12.2. The van der Waals surface area contributed by atoms with E-state index in [-0.39, 0.29) is 11.6 Å². The zero-order chi connectivity index (χ0) is 18.4. The number of nitrogens with one attached hydrogen (secondary N) is 2. The molecule has 1 amide bonds. The average molecular weight is 348 g/mol. The molecule has 132 valence electrons. The molecule has 2 N–H and O–H groups in total. The number of methoxy groups -OCH3 is 1. The topological polar surface area (TPSA) is 76.1 Å². The van der Waals surface area contributed by atoms with Crippen molar-refractivity contribution in [2.45, 2.75) is 13.5 Å². The Kier molecular flexibility index (Phi) is 5.43. The summed E-state index contributed by atoms with van der Waals surface area (Å²) < 4.78 is 5.32. The van der Waals surface area contributed by atoms with Crippen LogP contribution in [0.4, 0.5) is 11.5 Å². The maximum Gasteiger partial charge on any atom is 0.275 e. The standard InChI is InChI=1S/C20H20N4O2/c1-14-6-5-8-16(10-14)24-20(25)17-12-23-19(13-21-17)22-11-15-7-3-4-9-18(15)26-2/h3-10,12-13H,11H2,1-2H3,(H,22,23)(H,24,25). The number of rotatable bonds is 6. The summed E-state index contributed by atoms with van der Waals surface area (Å²) in [6.07, 6.45) is 3.00. The first-order valence-corrected chi connectivity index (χ1v) is 8.21. The Labute approximate surface area is 152 Å². The molecule has 0 unspecified atom stereocenters. The number of anilines is 2. The molecule has 0 atom stereocenters. The lowest BCUT2D eigenvalue weighted by molar-refractivity contribution is 0.102. The second kappa shape index (κ2) is 8.11. The van der Waals surface area contributed by atoms with Crippen molar-refractivity contribution in [2.75, 3.05) is 17.7 Å². The van der Waals surface area contributed by atoms with Crippen LogP contribution < -0.4 is 15.4 Å². The first-order valence-electron chi connectivity index (χ1n) is 8.21. The van der Waals surface area contributed by atoms with Gasteiger partial charge in [0.1, 0.15) is 17.3 Å². The number of aromatic nitrogens is 2. The molecular formula is C20H20N4O2. The van der Waals surface area contributed by atoms with Gasteiger partial charge in [0, 0.05) is 17.8 Å². The van der Waals surface area contributed by atoms with Crippen LogP contribution in [0.25, 0.3) is 0 Å². The predicted octanol–water partition coefficient (Wildman–Crippen LogP) is 3.66. The lowest BCUT2D eigenvalue weighted by Gasteiger charge is -2.10. The first kappa shape index (κ1) is 17.4. The van der Waals surface area contributed by atoms with Gasteiger partial charge in [-0.2, -0.15) is 0 Å². The van der Waals surface area contributed by atoms with Gasteiger partial charge in [-0.3, -0.25) is 4.79 Å². The Morgan fingerprint density at radius 2 is 1.92 bits per heavy atom. The molecule has 0 aliphatic carbocycles. The SMILES string of the molecule is COc1ccccc1CNc1cnc(C(=O)Nc2cccc(C)c2)cn1. The van der Waals surface area contributed by atoms with Crippen molar-refractivity contribution in [3.05, 3.63) is 77.7 Å². The van der Waals surface area contributed by atoms with Crippen LogP contribution >= 0.6 is 0 Å². The fraction of sp³-hybridized carbons (Fsp3) is 0.150. The van der Waals surface area contributed by atoms with Crippen LogP contribution in [-0.2, 0) is 6.54 Å². The summed E-state index contributed by atoms with van der Waals surface area (Å²) >= 11 is 0. The molecule has 0 bridgehead atoms. The molecule has 0 fully saturated rings. The molecule has 0 aliphatic rings. The fourth-order valence-corrected chi connectivity index (χ4v) is 2.49. The summed E-state index contributed by atoms with van der Waals surface area (Å²) in [5.41, 5.74) is 3.08. The molecule has 0 aliphatic heterocycles. The van der Waals surface area contributed by atoms with E-state index in [1.165, 1.54) is 6.20 Å². The second-order valence-corrected chi connectivity index (χ2v) is 5.78. The Morgan fingerprint density at radius 1 is 1.08 bits per heavy atom. The van der Waals surface area contributed by atoms with Crippen molar-refractivity contribution in [3.8, 4) is 5.75 Å². The van der Waals surface area contributed by atoms with Gasteiger partial charge in [0.2, 0.25) is 0 Å². The highest BCUT2D eigenvalue weighted by Crippen LogP contribution is 2.18. The predicted molar refractivity (Wildman–Crippen MR) is 101 cm³/mol. The van der Waals surface area contributed by atoms with E-state index in [9.17, 15) is 4.79 Å². The van der Waals surface area contributed by atoms with Crippen LogP contribution in [0.1, 0.15) is 21.6 Å². The summed E-state index contributed by atoms with van der Waals surface area (Å²) in [7, 11) is 1.64. The summed E-state index contributed by atoms with van der Waals surface area (Å²) in [6, 6.07) is 15.3. The summed E-state index contributed by atoms with van der Waals surface area (Å²) in [4.78, 5) is 20.7. The fourth-order valence-electron chi connectivity index (χ4n) is 2.49. The van der Waals surface area contributed by atoms with E-state index >= 15 is 0 Å². The summed E-state index contributed by atoms with van der Waals surface area (Å²) in [5.74, 6) is 1.10. The minimum Gasteiger partial charge on any atom is -0.496 e. The van der Waals surface area contributed by atoms with E-state index < -0.39 is 0 Å². The van der Waals surface area contributed by atoms with Gasteiger partial charge in [-0.1, -0.05) is 30.3 Å². The molecule has 0 saturated carbocycles. The third-order valence-corrected chi connectivity index (χ3v) is 3.81. The van der Waals surface area contributed by atoms with Crippen LogP contribution in [0, 0.1) is 6.92 Å². The summed E-state index contributed by atoms with van der Waals surface area (Å²) in [5, 5.41) is 5.99. The molecule has 1 heterocycles.